The molecule has 0 saturated heterocycles. The smallest absolute Gasteiger partial charge is 0.256 e. The van der Waals surface area contributed by atoms with Gasteiger partial charge < -0.3 is 9.26 Å². The molecule has 1 aromatic heterocycles. The summed E-state index contributed by atoms with van der Waals surface area (Å²) in [4.78, 5) is 4.56. The van der Waals surface area contributed by atoms with Gasteiger partial charge in [0.25, 0.3) is 5.89 Å². The summed E-state index contributed by atoms with van der Waals surface area (Å²) in [5, 5.41) is 4.16. The lowest BCUT2D eigenvalue weighted by Crippen LogP contribution is -2.08. The number of nitrogens with zero attached hydrogens (tertiary/aromatic N) is 2. The van der Waals surface area contributed by atoms with E-state index in [2.05, 4.69) is 51.2 Å². The van der Waals surface area contributed by atoms with Gasteiger partial charge in [0.15, 0.2) is 5.82 Å². The lowest BCUT2D eigenvalue weighted by molar-refractivity contribution is 0.0429. The Hall–Kier alpha value is -1.46. The first-order valence-corrected chi connectivity index (χ1v) is 7.92. The highest BCUT2D eigenvalue weighted by molar-refractivity contribution is 9.10. The van der Waals surface area contributed by atoms with E-state index < -0.39 is 0 Å². The van der Waals surface area contributed by atoms with Gasteiger partial charge >= 0.3 is 0 Å². The van der Waals surface area contributed by atoms with Gasteiger partial charge in [-0.25, -0.2) is 0 Å². The van der Waals surface area contributed by atoms with Crippen LogP contribution in [-0.2, 0) is 4.74 Å². The van der Waals surface area contributed by atoms with Crippen LogP contribution in [0.5, 0.6) is 0 Å². The molecule has 0 bridgehead atoms. The van der Waals surface area contributed by atoms with Crippen LogP contribution < -0.4 is 0 Å². The summed E-state index contributed by atoms with van der Waals surface area (Å²) in [6.45, 7) is 2.73. The Labute approximate surface area is 132 Å². The van der Waals surface area contributed by atoms with Crippen molar-refractivity contribution >= 4 is 15.9 Å². The van der Waals surface area contributed by atoms with Crippen molar-refractivity contribution in [1.82, 2.24) is 10.1 Å². The molecule has 1 aliphatic rings. The molecule has 4 nitrogen and oxygen atoms in total. The van der Waals surface area contributed by atoms with E-state index in [1.807, 2.05) is 18.2 Å². The third-order valence-corrected chi connectivity index (χ3v) is 4.16. The van der Waals surface area contributed by atoms with Crippen LogP contribution >= 0.6 is 15.9 Å². The topological polar surface area (TPSA) is 48.2 Å². The minimum atomic E-state index is -0.112. The number of rotatable bonds is 4. The third-order valence-electron chi connectivity index (χ3n) is 3.64. The summed E-state index contributed by atoms with van der Waals surface area (Å²) in [5.41, 5.74) is 1.19. The largest absolute Gasteiger partial charge is 0.364 e. The summed E-state index contributed by atoms with van der Waals surface area (Å²) >= 11 is 3.46. The van der Waals surface area contributed by atoms with E-state index >= 15 is 0 Å². The average Bonchev–Trinajstić information content (AvgIpc) is 3.00. The Balaban J connectivity index is 1.83. The van der Waals surface area contributed by atoms with Crippen LogP contribution in [0, 0.1) is 0 Å². The predicted molar refractivity (Wildman–Crippen MR) is 83.0 cm³/mol. The first-order valence-electron chi connectivity index (χ1n) is 7.13. The molecule has 0 saturated carbocycles. The van der Waals surface area contributed by atoms with Gasteiger partial charge in [0.2, 0.25) is 0 Å². The molecule has 2 atom stereocenters. The fourth-order valence-corrected chi connectivity index (χ4v) is 2.75. The van der Waals surface area contributed by atoms with E-state index in [4.69, 9.17) is 9.26 Å². The van der Waals surface area contributed by atoms with Crippen LogP contribution in [0.3, 0.4) is 0 Å². The zero-order valence-electron chi connectivity index (χ0n) is 11.8. The molecule has 2 heterocycles. The second-order valence-electron chi connectivity index (χ2n) is 5.03. The van der Waals surface area contributed by atoms with E-state index in [-0.39, 0.29) is 12.0 Å². The number of ether oxygens (including phenoxy) is 1. The molecular formula is C16H17BrN2O2. The number of hydrogen-bond donors (Lipinski definition) is 0. The summed E-state index contributed by atoms with van der Waals surface area (Å²) in [6, 6.07) is 8.25. The van der Waals surface area contributed by atoms with E-state index in [1.165, 1.54) is 5.56 Å². The molecule has 0 radical (unpaired) electrons. The molecule has 5 heteroatoms. The first-order chi connectivity index (χ1) is 10.3. The summed E-state index contributed by atoms with van der Waals surface area (Å²) in [5.74, 6) is 1.45. The molecule has 2 unspecified atom stereocenters. The second kappa shape index (κ2) is 6.54. The van der Waals surface area contributed by atoms with Crippen molar-refractivity contribution < 1.29 is 9.26 Å². The Kier molecular flexibility index (Phi) is 4.51. The van der Waals surface area contributed by atoms with Gasteiger partial charge in [0.05, 0.1) is 6.61 Å². The van der Waals surface area contributed by atoms with Gasteiger partial charge in [-0.3, -0.25) is 0 Å². The van der Waals surface area contributed by atoms with Crippen molar-refractivity contribution in [2.75, 3.05) is 6.61 Å². The highest BCUT2D eigenvalue weighted by atomic mass is 79.9. The fourth-order valence-electron chi connectivity index (χ4n) is 2.48. The van der Waals surface area contributed by atoms with Crippen molar-refractivity contribution in [3.8, 4) is 0 Å². The molecule has 0 aliphatic carbocycles. The maximum absolute atomic E-state index is 5.62. The third kappa shape index (κ3) is 3.24. The minimum absolute atomic E-state index is 0.112. The second-order valence-corrected chi connectivity index (χ2v) is 5.95. The van der Waals surface area contributed by atoms with Crippen molar-refractivity contribution in [3.63, 3.8) is 0 Å². The van der Waals surface area contributed by atoms with Gasteiger partial charge in [-0.15, -0.1) is 0 Å². The standard InChI is InChI=1S/C16H17BrN2O2/c1-2-13(11-6-8-12(17)9-7-11)15-18-16(21-19-15)14-5-3-4-10-20-14/h3-4,6-9,13-14H,2,5,10H2,1H3. The van der Waals surface area contributed by atoms with Crippen LogP contribution in [-0.4, -0.2) is 16.7 Å². The fraction of sp³-hybridized carbons (Fsp3) is 0.375. The minimum Gasteiger partial charge on any atom is -0.364 e. The molecule has 2 aromatic rings. The summed E-state index contributed by atoms with van der Waals surface area (Å²) < 4.78 is 12.1. The highest BCUT2D eigenvalue weighted by Gasteiger charge is 2.24. The number of hydrogen-bond acceptors (Lipinski definition) is 4. The van der Waals surface area contributed by atoms with Gasteiger partial charge in [0, 0.05) is 16.8 Å². The molecule has 1 aliphatic heterocycles. The molecule has 21 heavy (non-hydrogen) atoms. The maximum Gasteiger partial charge on any atom is 0.256 e. The van der Waals surface area contributed by atoms with Crippen LogP contribution in [0.4, 0.5) is 0 Å². The zero-order valence-corrected chi connectivity index (χ0v) is 13.4. The molecule has 3 rings (SSSR count). The molecule has 0 N–H and O–H groups in total. The highest BCUT2D eigenvalue weighted by Crippen LogP contribution is 2.29. The quantitative estimate of drug-likeness (QED) is 0.768. The molecule has 0 amide bonds. The SMILES string of the molecule is CCC(c1ccc(Br)cc1)c1noc(C2CC=CCO2)n1. The number of aromatic nitrogens is 2. The summed E-state index contributed by atoms with van der Waals surface area (Å²) in [7, 11) is 0. The maximum atomic E-state index is 5.62. The number of halogens is 1. The first kappa shape index (κ1) is 14.5. The molecular weight excluding hydrogens is 332 g/mol. The molecule has 1 aromatic carbocycles. The number of benzene rings is 1. The van der Waals surface area contributed by atoms with Crippen molar-refractivity contribution in [2.24, 2.45) is 0 Å². The van der Waals surface area contributed by atoms with E-state index in [0.29, 0.717) is 12.5 Å². The summed E-state index contributed by atoms with van der Waals surface area (Å²) in [6.07, 6.45) is 5.69. The average molecular weight is 349 g/mol. The van der Waals surface area contributed by atoms with Crippen LogP contribution in [0.2, 0.25) is 0 Å². The zero-order chi connectivity index (χ0) is 14.7. The van der Waals surface area contributed by atoms with Crippen molar-refractivity contribution in [3.05, 3.63) is 58.2 Å². The van der Waals surface area contributed by atoms with Crippen LogP contribution in [0.1, 0.15) is 49.1 Å². The Morgan fingerprint density at radius 2 is 2.10 bits per heavy atom. The van der Waals surface area contributed by atoms with Gasteiger partial charge in [-0.1, -0.05) is 52.3 Å². The molecule has 110 valence electrons. The lowest BCUT2D eigenvalue weighted by Gasteiger charge is -2.14. The Bertz CT molecular complexity index is 621. The molecule has 0 fully saturated rings. The van der Waals surface area contributed by atoms with E-state index in [0.717, 1.165) is 23.1 Å². The predicted octanol–water partition coefficient (Wildman–Crippen LogP) is 4.39. The van der Waals surface area contributed by atoms with E-state index in [9.17, 15) is 0 Å². The van der Waals surface area contributed by atoms with Crippen LogP contribution in [0.15, 0.2) is 45.4 Å². The monoisotopic (exact) mass is 348 g/mol. The van der Waals surface area contributed by atoms with Gasteiger partial charge in [-0.2, -0.15) is 4.98 Å². The van der Waals surface area contributed by atoms with Crippen molar-refractivity contribution in [2.45, 2.75) is 31.8 Å². The van der Waals surface area contributed by atoms with Gasteiger partial charge in [-0.05, 0) is 24.1 Å². The van der Waals surface area contributed by atoms with E-state index in [1.54, 1.807) is 0 Å². The Morgan fingerprint density at radius 3 is 2.76 bits per heavy atom. The van der Waals surface area contributed by atoms with Gasteiger partial charge in [0.1, 0.15) is 6.10 Å². The lowest BCUT2D eigenvalue weighted by atomic mass is 9.96. The molecule has 0 spiro atoms. The normalized spacial score (nSPS) is 19.6. The van der Waals surface area contributed by atoms with Crippen LogP contribution in [0.25, 0.3) is 0 Å². The van der Waals surface area contributed by atoms with Crippen molar-refractivity contribution in [1.29, 1.82) is 0 Å². The Morgan fingerprint density at radius 1 is 1.29 bits per heavy atom.